The van der Waals surface area contributed by atoms with Crippen LogP contribution in [0, 0.1) is 5.82 Å². The number of ether oxygens (including phenoxy) is 1. The summed E-state index contributed by atoms with van der Waals surface area (Å²) in [5, 5.41) is 0.380. The van der Waals surface area contributed by atoms with Crippen molar-refractivity contribution in [3.63, 3.8) is 0 Å². The Labute approximate surface area is 154 Å². The normalized spacial score (nSPS) is 23.0. The molecule has 2 amide bonds. The van der Waals surface area contributed by atoms with Crippen molar-refractivity contribution in [1.29, 1.82) is 0 Å². The third kappa shape index (κ3) is 3.15. The Balaban J connectivity index is 1.62. The summed E-state index contributed by atoms with van der Waals surface area (Å²) in [5.41, 5.74) is -0.367. The van der Waals surface area contributed by atoms with Gasteiger partial charge in [0.15, 0.2) is 0 Å². The number of benzene rings is 1. The molecule has 142 valence electrons. The summed E-state index contributed by atoms with van der Waals surface area (Å²) in [6, 6.07) is 5.17. The molecule has 1 atom stereocenters. The van der Waals surface area contributed by atoms with Gasteiger partial charge in [0.2, 0.25) is 5.56 Å². The predicted molar refractivity (Wildman–Crippen MR) is 96.1 cm³/mol. The van der Waals surface area contributed by atoms with Crippen molar-refractivity contribution in [1.82, 2.24) is 14.8 Å². The maximum absolute atomic E-state index is 13.7. The Morgan fingerprint density at radius 1 is 1.22 bits per heavy atom. The van der Waals surface area contributed by atoms with Gasteiger partial charge in [-0.1, -0.05) is 0 Å². The fourth-order valence-electron chi connectivity index (χ4n) is 4.00. The third-order valence-corrected chi connectivity index (χ3v) is 5.36. The molecular formula is C19H20FN3O4. The molecule has 3 heterocycles. The average molecular weight is 373 g/mol. The number of likely N-dealkylation sites (tertiary alicyclic amines) is 1. The summed E-state index contributed by atoms with van der Waals surface area (Å²) in [7, 11) is 1.70. The average Bonchev–Trinajstić information content (AvgIpc) is 2.79. The highest BCUT2D eigenvalue weighted by Gasteiger charge is 2.44. The van der Waals surface area contributed by atoms with E-state index < -0.39 is 17.0 Å². The van der Waals surface area contributed by atoms with Crippen molar-refractivity contribution >= 4 is 22.9 Å². The van der Waals surface area contributed by atoms with Crippen molar-refractivity contribution in [2.75, 3.05) is 26.7 Å². The number of hydrogen-bond donors (Lipinski definition) is 1. The lowest BCUT2D eigenvalue weighted by atomic mass is 9.95. The number of pyridine rings is 1. The number of hydrogen-bond acceptors (Lipinski definition) is 4. The number of aromatic nitrogens is 1. The van der Waals surface area contributed by atoms with Gasteiger partial charge in [0, 0.05) is 43.5 Å². The molecule has 2 fully saturated rings. The van der Waals surface area contributed by atoms with E-state index in [1.807, 2.05) is 0 Å². The topological polar surface area (TPSA) is 82.7 Å². The van der Waals surface area contributed by atoms with Crippen LogP contribution in [0.25, 0.3) is 10.9 Å². The number of amides is 2. The van der Waals surface area contributed by atoms with Gasteiger partial charge in [0.1, 0.15) is 11.4 Å². The summed E-state index contributed by atoms with van der Waals surface area (Å²) >= 11 is 0. The van der Waals surface area contributed by atoms with E-state index in [4.69, 9.17) is 4.74 Å². The van der Waals surface area contributed by atoms with Crippen molar-refractivity contribution < 1.29 is 18.7 Å². The van der Waals surface area contributed by atoms with Gasteiger partial charge in [-0.05, 0) is 31.0 Å². The van der Waals surface area contributed by atoms with Crippen LogP contribution in [-0.2, 0) is 4.74 Å². The smallest absolute Gasteiger partial charge is 0.410 e. The Morgan fingerprint density at radius 3 is 2.78 bits per heavy atom. The van der Waals surface area contributed by atoms with E-state index in [0.717, 1.165) is 0 Å². The molecule has 1 N–H and O–H groups in total. The molecule has 0 saturated carbocycles. The number of carbonyl (C=O) groups excluding carboxylic acids is 2. The monoisotopic (exact) mass is 373 g/mol. The van der Waals surface area contributed by atoms with Gasteiger partial charge in [0.05, 0.1) is 12.1 Å². The number of likely N-dealkylation sites (N-methyl/N-ethyl adjacent to an activating group) is 1. The molecule has 4 rings (SSSR count). The maximum Gasteiger partial charge on any atom is 0.410 e. The van der Waals surface area contributed by atoms with Gasteiger partial charge in [-0.3, -0.25) is 9.59 Å². The van der Waals surface area contributed by atoms with Crippen molar-refractivity contribution in [3.05, 3.63) is 46.0 Å². The lowest BCUT2D eigenvalue weighted by Crippen LogP contribution is -2.37. The fourth-order valence-corrected chi connectivity index (χ4v) is 4.00. The molecule has 27 heavy (non-hydrogen) atoms. The van der Waals surface area contributed by atoms with E-state index in [-0.39, 0.29) is 17.6 Å². The lowest BCUT2D eigenvalue weighted by molar-refractivity contribution is 0.0439. The molecular weight excluding hydrogens is 353 g/mol. The number of halogens is 1. The number of nitrogens with zero attached hydrogens (tertiary/aromatic N) is 2. The second kappa shape index (κ2) is 6.37. The van der Waals surface area contributed by atoms with Crippen LogP contribution >= 0.6 is 0 Å². The predicted octanol–water partition coefficient (Wildman–Crippen LogP) is 2.11. The quantitative estimate of drug-likeness (QED) is 0.830. The second-order valence-corrected chi connectivity index (χ2v) is 7.29. The van der Waals surface area contributed by atoms with E-state index in [1.165, 1.54) is 24.3 Å². The SMILES string of the molecule is CN1C[C@@]2(CCCN(C(=O)c3cc(=O)[nH]c4ccc(F)cc34)CC2)OC1=O. The Hall–Kier alpha value is -2.90. The zero-order valence-electron chi connectivity index (χ0n) is 15.0. The Bertz CT molecular complexity index is 989. The van der Waals surface area contributed by atoms with E-state index in [2.05, 4.69) is 4.98 Å². The first-order valence-corrected chi connectivity index (χ1v) is 8.93. The molecule has 0 aliphatic carbocycles. The Morgan fingerprint density at radius 2 is 2.04 bits per heavy atom. The standard InChI is InChI=1S/C19H20FN3O4/c1-22-11-19(27-18(22)26)5-2-7-23(8-6-19)17(25)14-10-16(24)21-15-4-3-12(20)9-13(14)15/h3-4,9-10H,2,5-8,11H2,1H3,(H,21,24)/t19-/m0/s1. The van der Waals surface area contributed by atoms with E-state index >= 15 is 0 Å². The van der Waals surface area contributed by atoms with Crippen LogP contribution in [0.5, 0.6) is 0 Å². The molecule has 0 unspecified atom stereocenters. The highest BCUT2D eigenvalue weighted by atomic mass is 19.1. The maximum atomic E-state index is 13.7. The van der Waals surface area contributed by atoms with Crippen LogP contribution in [0.3, 0.4) is 0 Å². The highest BCUT2D eigenvalue weighted by molar-refractivity contribution is 6.06. The lowest BCUT2D eigenvalue weighted by Gasteiger charge is -2.25. The minimum Gasteiger partial charge on any atom is -0.441 e. The minimum atomic E-state index is -0.566. The fraction of sp³-hybridized carbons (Fsp3) is 0.421. The van der Waals surface area contributed by atoms with E-state index in [0.29, 0.717) is 49.8 Å². The van der Waals surface area contributed by atoms with Crippen molar-refractivity contribution in [2.45, 2.75) is 24.9 Å². The zero-order chi connectivity index (χ0) is 19.2. The number of H-pyrrole nitrogens is 1. The molecule has 7 nitrogen and oxygen atoms in total. The number of nitrogens with one attached hydrogen (secondary N) is 1. The molecule has 2 saturated heterocycles. The summed E-state index contributed by atoms with van der Waals surface area (Å²) in [5.74, 6) is -0.786. The van der Waals surface area contributed by atoms with E-state index in [9.17, 15) is 18.8 Å². The van der Waals surface area contributed by atoms with Crippen LogP contribution in [0.2, 0.25) is 0 Å². The van der Waals surface area contributed by atoms with Crippen LogP contribution in [0.4, 0.5) is 9.18 Å². The van der Waals surface area contributed by atoms with Gasteiger partial charge in [-0.25, -0.2) is 9.18 Å². The van der Waals surface area contributed by atoms with Crippen LogP contribution in [0.1, 0.15) is 29.6 Å². The number of fused-ring (bicyclic) bond motifs is 1. The molecule has 2 aromatic rings. The summed E-state index contributed by atoms with van der Waals surface area (Å²) in [6.07, 6.45) is 1.55. The van der Waals surface area contributed by atoms with Gasteiger partial charge in [-0.2, -0.15) is 0 Å². The number of carbonyl (C=O) groups is 2. The molecule has 1 aromatic carbocycles. The minimum absolute atomic E-state index is 0.185. The van der Waals surface area contributed by atoms with Crippen molar-refractivity contribution in [3.8, 4) is 0 Å². The molecule has 1 aromatic heterocycles. The molecule has 0 bridgehead atoms. The number of aromatic amines is 1. The van der Waals surface area contributed by atoms with Crippen LogP contribution in [-0.4, -0.2) is 59.1 Å². The van der Waals surface area contributed by atoms with Gasteiger partial charge >= 0.3 is 6.09 Å². The first-order valence-electron chi connectivity index (χ1n) is 8.93. The third-order valence-electron chi connectivity index (χ3n) is 5.36. The molecule has 2 aliphatic rings. The van der Waals surface area contributed by atoms with Gasteiger partial charge in [-0.15, -0.1) is 0 Å². The molecule has 8 heteroatoms. The second-order valence-electron chi connectivity index (χ2n) is 7.29. The van der Waals surface area contributed by atoms with Gasteiger partial charge in [0.25, 0.3) is 5.91 Å². The van der Waals surface area contributed by atoms with Gasteiger partial charge < -0.3 is 19.5 Å². The largest absolute Gasteiger partial charge is 0.441 e. The highest BCUT2D eigenvalue weighted by Crippen LogP contribution is 2.33. The molecule has 2 aliphatic heterocycles. The van der Waals surface area contributed by atoms with Crippen LogP contribution in [0.15, 0.2) is 29.1 Å². The van der Waals surface area contributed by atoms with E-state index in [1.54, 1.807) is 16.8 Å². The summed E-state index contributed by atoms with van der Waals surface area (Å²) in [4.78, 5) is 42.6. The van der Waals surface area contributed by atoms with Crippen molar-refractivity contribution in [2.24, 2.45) is 0 Å². The zero-order valence-corrected chi connectivity index (χ0v) is 15.0. The first-order chi connectivity index (χ1) is 12.9. The first kappa shape index (κ1) is 17.5. The Kier molecular flexibility index (Phi) is 4.13. The molecule has 1 spiro atoms. The summed E-state index contributed by atoms with van der Waals surface area (Å²) < 4.78 is 19.3. The molecule has 0 radical (unpaired) electrons. The van der Waals surface area contributed by atoms with Crippen LogP contribution < -0.4 is 5.56 Å². The summed E-state index contributed by atoms with van der Waals surface area (Å²) in [6.45, 7) is 1.40. The number of rotatable bonds is 1.